The minimum Gasteiger partial charge on any atom is -0.368 e. The highest BCUT2D eigenvalue weighted by Gasteiger charge is 2.09. The van der Waals surface area contributed by atoms with Gasteiger partial charge in [0, 0.05) is 6.20 Å². The fraction of sp³-hybridized carbons (Fsp3) is 0.333. The molecule has 1 rings (SSSR count). The summed E-state index contributed by atoms with van der Waals surface area (Å²) in [5.41, 5.74) is 10.3. The lowest BCUT2D eigenvalue weighted by Gasteiger charge is -2.05. The summed E-state index contributed by atoms with van der Waals surface area (Å²) in [6, 6.07) is -0.721. The zero-order valence-electron chi connectivity index (χ0n) is 6.27. The number of primary amides is 1. The lowest BCUT2D eigenvalue weighted by molar-refractivity contribution is -0.119. The van der Waals surface area contributed by atoms with E-state index in [0.29, 0.717) is 5.02 Å². The first-order valence-electron chi connectivity index (χ1n) is 3.32. The Kier molecular flexibility index (Phi) is 2.67. The Morgan fingerprint density at radius 2 is 2.50 bits per heavy atom. The minimum atomic E-state index is -0.721. The third kappa shape index (κ3) is 2.21. The highest BCUT2D eigenvalue weighted by Crippen LogP contribution is 2.04. The molecule has 0 radical (unpaired) electrons. The van der Waals surface area contributed by atoms with Gasteiger partial charge in [-0.25, -0.2) is 0 Å². The maximum atomic E-state index is 10.5. The molecule has 5 nitrogen and oxygen atoms in total. The Hall–Kier alpha value is -1.07. The number of hydrogen-bond donors (Lipinski definition) is 2. The molecular weight excluding hydrogens is 180 g/mol. The highest BCUT2D eigenvalue weighted by atomic mass is 35.5. The van der Waals surface area contributed by atoms with Crippen molar-refractivity contribution in [2.45, 2.75) is 12.6 Å². The van der Waals surface area contributed by atoms with Crippen LogP contribution in [0.5, 0.6) is 0 Å². The van der Waals surface area contributed by atoms with Crippen molar-refractivity contribution in [2.75, 3.05) is 0 Å². The van der Waals surface area contributed by atoms with E-state index in [1.807, 2.05) is 0 Å². The smallest absolute Gasteiger partial charge is 0.236 e. The molecule has 0 fully saturated rings. The Morgan fingerprint density at radius 3 is 2.92 bits per heavy atom. The molecule has 12 heavy (non-hydrogen) atoms. The molecule has 1 unspecified atom stereocenters. The van der Waals surface area contributed by atoms with Crippen LogP contribution in [-0.4, -0.2) is 21.7 Å². The zero-order chi connectivity index (χ0) is 9.14. The quantitative estimate of drug-likeness (QED) is 0.661. The van der Waals surface area contributed by atoms with Crippen LogP contribution in [0.15, 0.2) is 12.4 Å². The summed E-state index contributed by atoms with van der Waals surface area (Å²) >= 11 is 5.58. The van der Waals surface area contributed by atoms with Crippen molar-refractivity contribution in [3.05, 3.63) is 17.4 Å². The molecule has 1 aromatic rings. The summed E-state index contributed by atoms with van der Waals surface area (Å²) in [6.07, 6.45) is 3.04. The fourth-order valence-corrected chi connectivity index (χ4v) is 0.886. The van der Waals surface area contributed by atoms with Crippen LogP contribution >= 0.6 is 11.6 Å². The second-order valence-corrected chi connectivity index (χ2v) is 2.83. The number of aromatic nitrogens is 2. The van der Waals surface area contributed by atoms with Crippen molar-refractivity contribution < 1.29 is 4.79 Å². The van der Waals surface area contributed by atoms with Crippen LogP contribution in [0.2, 0.25) is 5.02 Å². The van der Waals surface area contributed by atoms with Crippen molar-refractivity contribution in [2.24, 2.45) is 11.5 Å². The second-order valence-electron chi connectivity index (χ2n) is 2.39. The molecule has 0 aliphatic rings. The SMILES string of the molecule is NC(=O)C(N)Cn1cc(Cl)cn1. The Labute approximate surface area is 74.3 Å². The van der Waals surface area contributed by atoms with Crippen LogP contribution < -0.4 is 11.5 Å². The first-order chi connectivity index (χ1) is 5.59. The van der Waals surface area contributed by atoms with Gasteiger partial charge in [-0.05, 0) is 0 Å². The summed E-state index contributed by atoms with van der Waals surface area (Å²) in [7, 11) is 0. The summed E-state index contributed by atoms with van der Waals surface area (Å²) in [4.78, 5) is 10.5. The van der Waals surface area contributed by atoms with Crippen molar-refractivity contribution in [3.8, 4) is 0 Å². The molecule has 66 valence electrons. The van der Waals surface area contributed by atoms with Gasteiger partial charge in [-0.2, -0.15) is 5.10 Å². The van der Waals surface area contributed by atoms with Gasteiger partial charge in [-0.1, -0.05) is 11.6 Å². The van der Waals surface area contributed by atoms with E-state index < -0.39 is 11.9 Å². The predicted molar refractivity (Wildman–Crippen MR) is 44.4 cm³/mol. The van der Waals surface area contributed by atoms with Crippen LogP contribution in [0.3, 0.4) is 0 Å². The lowest BCUT2D eigenvalue weighted by Crippen LogP contribution is -2.39. The average molecular weight is 189 g/mol. The van der Waals surface area contributed by atoms with Gasteiger partial charge >= 0.3 is 0 Å². The molecule has 1 atom stereocenters. The lowest BCUT2D eigenvalue weighted by atomic mass is 10.3. The Balaban J connectivity index is 2.58. The van der Waals surface area contributed by atoms with E-state index in [1.165, 1.54) is 10.9 Å². The van der Waals surface area contributed by atoms with Gasteiger partial charge in [0.15, 0.2) is 0 Å². The number of halogens is 1. The monoisotopic (exact) mass is 188 g/mol. The maximum Gasteiger partial charge on any atom is 0.236 e. The fourth-order valence-electron chi connectivity index (χ4n) is 0.730. The van der Waals surface area contributed by atoms with Crippen LogP contribution in [0.25, 0.3) is 0 Å². The topological polar surface area (TPSA) is 86.9 Å². The summed E-state index contributed by atoms with van der Waals surface area (Å²) in [5, 5.41) is 4.34. The largest absolute Gasteiger partial charge is 0.368 e. The molecule has 0 bridgehead atoms. The molecule has 1 amide bonds. The van der Waals surface area contributed by atoms with Crippen molar-refractivity contribution in [1.82, 2.24) is 9.78 Å². The number of amides is 1. The number of nitrogens with zero attached hydrogens (tertiary/aromatic N) is 2. The van der Waals surface area contributed by atoms with E-state index in [1.54, 1.807) is 6.20 Å². The first kappa shape index (κ1) is 9.02. The molecule has 4 N–H and O–H groups in total. The van der Waals surface area contributed by atoms with E-state index in [2.05, 4.69) is 5.10 Å². The third-order valence-corrected chi connectivity index (χ3v) is 1.55. The summed E-state index contributed by atoms with van der Waals surface area (Å²) < 4.78 is 1.47. The number of carbonyl (C=O) groups excluding carboxylic acids is 1. The van der Waals surface area contributed by atoms with Crippen LogP contribution in [0.4, 0.5) is 0 Å². The average Bonchev–Trinajstić information content (AvgIpc) is 2.35. The number of nitrogens with two attached hydrogens (primary N) is 2. The summed E-state index contributed by atoms with van der Waals surface area (Å²) in [6.45, 7) is 0.252. The number of rotatable bonds is 3. The van der Waals surface area contributed by atoms with E-state index in [4.69, 9.17) is 23.1 Å². The first-order valence-corrected chi connectivity index (χ1v) is 3.70. The Bertz CT molecular complexity index is 285. The molecule has 1 aromatic heterocycles. The zero-order valence-corrected chi connectivity index (χ0v) is 7.03. The van der Waals surface area contributed by atoms with Gasteiger partial charge in [-0.3, -0.25) is 9.48 Å². The van der Waals surface area contributed by atoms with Crippen LogP contribution in [0.1, 0.15) is 0 Å². The minimum absolute atomic E-state index is 0.252. The van der Waals surface area contributed by atoms with Gasteiger partial charge in [-0.15, -0.1) is 0 Å². The van der Waals surface area contributed by atoms with Gasteiger partial charge in [0.1, 0.15) is 6.04 Å². The second kappa shape index (κ2) is 3.55. The molecule has 0 aliphatic carbocycles. The van der Waals surface area contributed by atoms with E-state index in [-0.39, 0.29) is 6.54 Å². The van der Waals surface area contributed by atoms with Crippen LogP contribution in [0, 0.1) is 0 Å². The standard InChI is InChI=1S/C6H9ClN4O/c7-4-1-10-11(2-4)3-5(8)6(9)12/h1-2,5H,3,8H2,(H2,9,12). The predicted octanol–water partition coefficient (Wildman–Crippen LogP) is -0.651. The highest BCUT2D eigenvalue weighted by molar-refractivity contribution is 6.30. The molecule has 0 saturated carbocycles. The van der Waals surface area contributed by atoms with E-state index in [9.17, 15) is 4.79 Å². The third-order valence-electron chi connectivity index (χ3n) is 1.35. The molecule has 0 aliphatic heterocycles. The van der Waals surface area contributed by atoms with Gasteiger partial charge in [0.2, 0.25) is 5.91 Å². The van der Waals surface area contributed by atoms with Crippen molar-refractivity contribution in [3.63, 3.8) is 0 Å². The number of hydrogen-bond acceptors (Lipinski definition) is 3. The maximum absolute atomic E-state index is 10.5. The summed E-state index contributed by atoms with van der Waals surface area (Å²) in [5.74, 6) is -0.554. The normalized spacial score (nSPS) is 12.8. The molecule has 6 heteroatoms. The Morgan fingerprint density at radius 1 is 1.83 bits per heavy atom. The van der Waals surface area contributed by atoms with Gasteiger partial charge < -0.3 is 11.5 Å². The molecule has 1 heterocycles. The van der Waals surface area contributed by atoms with Crippen molar-refractivity contribution in [1.29, 1.82) is 0 Å². The van der Waals surface area contributed by atoms with E-state index >= 15 is 0 Å². The van der Waals surface area contributed by atoms with E-state index in [0.717, 1.165) is 0 Å². The molecule has 0 aromatic carbocycles. The van der Waals surface area contributed by atoms with Gasteiger partial charge in [0.05, 0.1) is 17.8 Å². The molecule has 0 saturated heterocycles. The van der Waals surface area contributed by atoms with Gasteiger partial charge in [0.25, 0.3) is 0 Å². The molecular formula is C6H9ClN4O. The van der Waals surface area contributed by atoms with Crippen molar-refractivity contribution >= 4 is 17.5 Å². The van der Waals surface area contributed by atoms with Crippen LogP contribution in [-0.2, 0) is 11.3 Å². The molecule has 0 spiro atoms. The number of carbonyl (C=O) groups is 1.